The molecule has 144 valence electrons. The zero-order valence-corrected chi connectivity index (χ0v) is 16.1. The predicted molar refractivity (Wildman–Crippen MR) is 97.4 cm³/mol. The smallest absolute Gasteiger partial charge is 0.239 e. The van der Waals surface area contributed by atoms with Crippen LogP contribution >= 0.6 is 11.8 Å². The van der Waals surface area contributed by atoms with Gasteiger partial charge in [-0.25, -0.2) is 0 Å². The number of likely N-dealkylation sites (tertiary alicyclic amines) is 1. The Bertz CT molecular complexity index is 648. The van der Waals surface area contributed by atoms with E-state index < -0.39 is 0 Å². The number of carbonyl (C=O) groups excluding carboxylic acids is 3. The number of nitrogens with zero attached hydrogens (tertiary/aromatic N) is 4. The van der Waals surface area contributed by atoms with Crippen LogP contribution in [0.15, 0.2) is 5.16 Å². The van der Waals surface area contributed by atoms with Crippen molar-refractivity contribution in [1.82, 2.24) is 30.3 Å². The van der Waals surface area contributed by atoms with E-state index >= 15 is 0 Å². The summed E-state index contributed by atoms with van der Waals surface area (Å²) < 4.78 is 1.93. The third kappa shape index (κ3) is 5.72. The SMILES string of the molecule is CCn1c(CN2CCCCCC2=O)nnc1SCC(=O)NCC(=O)NC. The molecule has 0 bridgehead atoms. The number of aromatic nitrogens is 3. The van der Waals surface area contributed by atoms with Gasteiger partial charge in [-0.1, -0.05) is 18.2 Å². The van der Waals surface area contributed by atoms with E-state index in [1.165, 1.54) is 18.8 Å². The number of carbonyl (C=O) groups is 3. The van der Waals surface area contributed by atoms with Gasteiger partial charge in [-0.3, -0.25) is 14.4 Å². The third-order valence-electron chi connectivity index (χ3n) is 4.17. The Balaban J connectivity index is 1.93. The molecule has 0 atom stereocenters. The fraction of sp³-hybridized carbons (Fsp3) is 0.688. The maximum atomic E-state index is 12.2. The molecule has 1 saturated heterocycles. The Labute approximate surface area is 157 Å². The standard InChI is InChI=1S/C16H26N6O3S/c1-3-22-12(10-21-8-6-4-5-7-15(21)25)19-20-16(22)26-11-14(24)18-9-13(23)17-2/h3-11H2,1-2H3,(H,17,23)(H,18,24). The first-order valence-corrected chi connectivity index (χ1v) is 9.83. The zero-order valence-electron chi connectivity index (χ0n) is 15.3. The molecule has 0 aromatic carbocycles. The molecule has 2 N–H and O–H groups in total. The lowest BCUT2D eigenvalue weighted by Crippen LogP contribution is -2.36. The van der Waals surface area contributed by atoms with Crippen molar-refractivity contribution in [3.63, 3.8) is 0 Å². The maximum absolute atomic E-state index is 12.2. The van der Waals surface area contributed by atoms with E-state index in [0.29, 0.717) is 24.7 Å². The van der Waals surface area contributed by atoms with Crippen LogP contribution in [0, 0.1) is 0 Å². The van der Waals surface area contributed by atoms with Crippen molar-refractivity contribution >= 4 is 29.5 Å². The Kier molecular flexibility index (Phi) is 7.89. The highest BCUT2D eigenvalue weighted by molar-refractivity contribution is 7.99. The van der Waals surface area contributed by atoms with E-state index in [1.807, 2.05) is 16.4 Å². The molecule has 0 radical (unpaired) electrons. The lowest BCUT2D eigenvalue weighted by molar-refractivity contribution is -0.131. The van der Waals surface area contributed by atoms with Crippen LogP contribution in [-0.2, 0) is 27.5 Å². The molecule has 1 aliphatic rings. The van der Waals surface area contributed by atoms with E-state index in [2.05, 4.69) is 20.8 Å². The van der Waals surface area contributed by atoms with Crippen molar-refractivity contribution < 1.29 is 14.4 Å². The van der Waals surface area contributed by atoms with Crippen molar-refractivity contribution in [2.24, 2.45) is 0 Å². The summed E-state index contributed by atoms with van der Waals surface area (Å²) in [5.74, 6) is 0.558. The number of amides is 3. The lowest BCUT2D eigenvalue weighted by Gasteiger charge is -2.20. The van der Waals surface area contributed by atoms with Crippen molar-refractivity contribution in [2.45, 2.75) is 50.9 Å². The molecule has 26 heavy (non-hydrogen) atoms. The Hall–Kier alpha value is -2.10. The molecule has 0 spiro atoms. The highest BCUT2D eigenvalue weighted by atomic mass is 32.2. The number of thioether (sulfide) groups is 1. The van der Waals surface area contributed by atoms with Crippen molar-refractivity contribution in [1.29, 1.82) is 0 Å². The van der Waals surface area contributed by atoms with Crippen LogP contribution in [0.4, 0.5) is 0 Å². The fourth-order valence-corrected chi connectivity index (χ4v) is 3.54. The van der Waals surface area contributed by atoms with Crippen LogP contribution in [0.3, 0.4) is 0 Å². The minimum Gasteiger partial charge on any atom is -0.358 e. The molecule has 2 rings (SSSR count). The number of hydrogen-bond acceptors (Lipinski definition) is 6. The summed E-state index contributed by atoms with van der Waals surface area (Å²) in [6.07, 6.45) is 3.63. The molecule has 0 aliphatic carbocycles. The molecule has 1 aromatic heterocycles. The maximum Gasteiger partial charge on any atom is 0.239 e. The molecule has 1 aromatic rings. The van der Waals surface area contributed by atoms with E-state index in [-0.39, 0.29) is 30.0 Å². The number of rotatable bonds is 8. The largest absolute Gasteiger partial charge is 0.358 e. The minimum absolute atomic E-state index is 0.0430. The van der Waals surface area contributed by atoms with E-state index in [4.69, 9.17) is 0 Å². The summed E-state index contributed by atoms with van der Waals surface area (Å²) >= 11 is 1.27. The monoisotopic (exact) mass is 382 g/mol. The normalized spacial score (nSPS) is 14.8. The molecule has 2 heterocycles. The van der Waals surface area contributed by atoms with Crippen LogP contribution in [0.1, 0.15) is 38.4 Å². The first-order valence-electron chi connectivity index (χ1n) is 8.85. The van der Waals surface area contributed by atoms with Gasteiger partial charge in [0.05, 0.1) is 18.8 Å². The first-order chi connectivity index (χ1) is 12.5. The third-order valence-corrected chi connectivity index (χ3v) is 5.14. The van der Waals surface area contributed by atoms with Crippen LogP contribution in [0.2, 0.25) is 0 Å². The summed E-state index contributed by atoms with van der Waals surface area (Å²) in [5, 5.41) is 14.0. The van der Waals surface area contributed by atoms with Crippen LogP contribution in [-0.4, -0.2) is 63.3 Å². The molecular formula is C16H26N6O3S. The van der Waals surface area contributed by atoms with Crippen LogP contribution < -0.4 is 10.6 Å². The summed E-state index contributed by atoms with van der Waals surface area (Å²) in [6, 6.07) is 0. The summed E-state index contributed by atoms with van der Waals surface area (Å²) in [4.78, 5) is 37.0. The molecule has 9 nitrogen and oxygen atoms in total. The van der Waals surface area contributed by atoms with Gasteiger partial charge in [0, 0.05) is 26.6 Å². The van der Waals surface area contributed by atoms with Crippen molar-refractivity contribution in [3.05, 3.63) is 5.82 Å². The molecule has 10 heteroatoms. The van der Waals surface area contributed by atoms with Crippen LogP contribution in [0.5, 0.6) is 0 Å². The van der Waals surface area contributed by atoms with Gasteiger partial charge in [-0.05, 0) is 19.8 Å². The van der Waals surface area contributed by atoms with Gasteiger partial charge >= 0.3 is 0 Å². The summed E-state index contributed by atoms with van der Waals surface area (Å²) in [7, 11) is 1.52. The highest BCUT2D eigenvalue weighted by Crippen LogP contribution is 2.19. The zero-order chi connectivity index (χ0) is 18.9. The summed E-state index contributed by atoms with van der Waals surface area (Å²) in [5.41, 5.74) is 0. The van der Waals surface area contributed by atoms with Gasteiger partial charge < -0.3 is 20.1 Å². The molecular weight excluding hydrogens is 356 g/mol. The number of nitrogens with one attached hydrogen (secondary N) is 2. The Morgan fingerprint density at radius 2 is 2.00 bits per heavy atom. The Morgan fingerprint density at radius 1 is 1.19 bits per heavy atom. The van der Waals surface area contributed by atoms with Crippen molar-refractivity contribution in [2.75, 3.05) is 25.9 Å². The molecule has 0 unspecified atom stereocenters. The first kappa shape index (κ1) is 20.2. The topological polar surface area (TPSA) is 109 Å². The van der Waals surface area contributed by atoms with E-state index in [0.717, 1.165) is 31.6 Å². The average Bonchev–Trinajstić information content (AvgIpc) is 2.92. The number of hydrogen-bond donors (Lipinski definition) is 2. The fourth-order valence-electron chi connectivity index (χ4n) is 2.69. The van der Waals surface area contributed by atoms with Crippen LogP contribution in [0.25, 0.3) is 0 Å². The van der Waals surface area contributed by atoms with Gasteiger partial charge in [-0.2, -0.15) is 0 Å². The second kappa shape index (κ2) is 10.1. The molecule has 3 amide bonds. The second-order valence-electron chi connectivity index (χ2n) is 6.01. The number of likely N-dealkylation sites (N-methyl/N-ethyl adjacent to an activating group) is 1. The van der Waals surface area contributed by atoms with Gasteiger partial charge in [0.25, 0.3) is 0 Å². The second-order valence-corrected chi connectivity index (χ2v) is 6.95. The van der Waals surface area contributed by atoms with E-state index in [9.17, 15) is 14.4 Å². The molecule has 1 aliphatic heterocycles. The summed E-state index contributed by atoms with van der Waals surface area (Å²) in [6.45, 7) is 3.79. The predicted octanol–water partition coefficient (Wildman–Crippen LogP) is 0.155. The molecule has 1 fully saturated rings. The van der Waals surface area contributed by atoms with Gasteiger partial charge in [0.2, 0.25) is 17.7 Å². The Morgan fingerprint density at radius 3 is 2.73 bits per heavy atom. The minimum atomic E-state index is -0.246. The molecule has 0 saturated carbocycles. The quantitative estimate of drug-likeness (QED) is 0.620. The lowest BCUT2D eigenvalue weighted by atomic mass is 10.2. The van der Waals surface area contributed by atoms with Gasteiger partial charge in [0.15, 0.2) is 11.0 Å². The van der Waals surface area contributed by atoms with Gasteiger partial charge in [-0.15, -0.1) is 10.2 Å². The van der Waals surface area contributed by atoms with Crippen molar-refractivity contribution in [3.8, 4) is 0 Å². The van der Waals surface area contributed by atoms with E-state index in [1.54, 1.807) is 0 Å². The average molecular weight is 382 g/mol. The van der Waals surface area contributed by atoms with Gasteiger partial charge in [0.1, 0.15) is 0 Å². The highest BCUT2D eigenvalue weighted by Gasteiger charge is 2.21.